The number of ether oxygens (including phenoxy) is 1. The minimum Gasteiger partial charge on any atom is -0.435 e. The Morgan fingerprint density at radius 2 is 1.41 bits per heavy atom. The Labute approximate surface area is 256 Å². The summed E-state index contributed by atoms with van der Waals surface area (Å²) < 4.78 is 54.6. The van der Waals surface area contributed by atoms with Crippen LogP contribution in [0, 0.1) is 0 Å². The van der Waals surface area contributed by atoms with E-state index in [-0.39, 0.29) is 42.0 Å². The minimum atomic E-state index is -2.98. The van der Waals surface area contributed by atoms with Crippen LogP contribution in [0.3, 0.4) is 0 Å². The second-order valence-electron chi connectivity index (χ2n) is 10.0. The quantitative estimate of drug-likeness (QED) is 0.193. The maximum absolute atomic E-state index is 12.7. The van der Waals surface area contributed by atoms with Crippen molar-refractivity contribution in [3.05, 3.63) is 63.6 Å². The SMILES string of the molecule is O=C(Cc1cc(CC(F)F)ccn1)Nc1nnc([C@H]2CCC[C@H](c3nnc(NC(=O)Cc4cc(OC(F)F)ccn4)s3)C2)s1. The summed E-state index contributed by atoms with van der Waals surface area (Å²) in [6.07, 6.45) is 3.02. The lowest BCUT2D eigenvalue weighted by Crippen LogP contribution is -2.15. The number of pyridine rings is 2. The molecule has 232 valence electrons. The van der Waals surface area contributed by atoms with Gasteiger partial charge in [0.1, 0.15) is 15.8 Å². The van der Waals surface area contributed by atoms with Gasteiger partial charge in [0.2, 0.25) is 28.5 Å². The number of hydrogen-bond acceptors (Lipinski definition) is 11. The van der Waals surface area contributed by atoms with Crippen LogP contribution in [0.4, 0.5) is 27.8 Å². The zero-order valence-corrected chi connectivity index (χ0v) is 24.6. The molecule has 1 aliphatic rings. The first-order valence-electron chi connectivity index (χ1n) is 13.6. The van der Waals surface area contributed by atoms with E-state index in [9.17, 15) is 27.2 Å². The Bertz CT molecular complexity index is 1470. The van der Waals surface area contributed by atoms with Crippen LogP contribution in [0.15, 0.2) is 36.7 Å². The molecule has 1 saturated carbocycles. The second kappa shape index (κ2) is 14.6. The van der Waals surface area contributed by atoms with Gasteiger partial charge in [-0.15, -0.1) is 20.4 Å². The molecular weight excluding hydrogens is 624 g/mol. The number of alkyl halides is 4. The number of anilines is 2. The summed E-state index contributed by atoms with van der Waals surface area (Å²) >= 11 is 2.56. The normalized spacial score (nSPS) is 16.7. The van der Waals surface area contributed by atoms with Gasteiger partial charge in [-0.25, -0.2) is 8.78 Å². The number of halogens is 4. The summed E-state index contributed by atoms with van der Waals surface area (Å²) in [5.74, 6) is -0.684. The molecule has 0 bridgehead atoms. The zero-order valence-electron chi connectivity index (χ0n) is 23.0. The standard InChI is InChI=1S/C27H26F4N8O3S2/c28-20(29)9-14-4-6-32-17(8-14)12-21(40)34-26-38-36-23(43-26)15-2-1-3-16(10-15)24-37-39-27(44-24)35-22(41)13-18-11-19(5-7-33-18)42-25(30)31/h4-8,11,15-16,20,25H,1-3,9-10,12-13H2,(H,34,38,40)(H,35,39,41)/t15-,16-/m0/s1. The molecule has 2 atom stereocenters. The molecule has 2 amide bonds. The number of carbonyl (C=O) groups excluding carboxylic acids is 2. The van der Waals surface area contributed by atoms with E-state index < -0.39 is 25.4 Å². The predicted octanol–water partition coefficient (Wildman–Crippen LogP) is 5.39. The summed E-state index contributed by atoms with van der Waals surface area (Å²) in [5.41, 5.74) is 1.07. The first kappa shape index (κ1) is 31.3. The molecule has 0 saturated heterocycles. The van der Waals surface area contributed by atoms with Crippen LogP contribution in [0.2, 0.25) is 0 Å². The molecule has 1 aliphatic carbocycles. The largest absolute Gasteiger partial charge is 0.435 e. The van der Waals surface area contributed by atoms with Gasteiger partial charge in [0.25, 0.3) is 0 Å². The van der Waals surface area contributed by atoms with Gasteiger partial charge in [-0.05, 0) is 43.0 Å². The smallest absolute Gasteiger partial charge is 0.387 e. The van der Waals surface area contributed by atoms with E-state index in [1.54, 1.807) is 0 Å². The fourth-order valence-electron chi connectivity index (χ4n) is 4.85. The third-order valence-electron chi connectivity index (χ3n) is 6.71. The first-order chi connectivity index (χ1) is 21.2. The van der Waals surface area contributed by atoms with Gasteiger partial charge in [0.15, 0.2) is 0 Å². The van der Waals surface area contributed by atoms with Crippen molar-refractivity contribution in [1.82, 2.24) is 30.4 Å². The van der Waals surface area contributed by atoms with E-state index >= 15 is 0 Å². The molecule has 44 heavy (non-hydrogen) atoms. The summed E-state index contributed by atoms with van der Waals surface area (Å²) in [7, 11) is 0. The molecule has 2 N–H and O–H groups in total. The van der Waals surface area contributed by atoms with Gasteiger partial charge in [-0.1, -0.05) is 29.1 Å². The molecule has 0 aliphatic heterocycles. The van der Waals surface area contributed by atoms with Crippen LogP contribution < -0.4 is 15.4 Å². The fourth-order valence-corrected chi connectivity index (χ4v) is 6.67. The van der Waals surface area contributed by atoms with Crippen molar-refractivity contribution in [2.24, 2.45) is 0 Å². The average Bonchev–Trinajstić information content (AvgIpc) is 3.63. The molecule has 0 aromatic carbocycles. The Morgan fingerprint density at radius 3 is 1.98 bits per heavy atom. The monoisotopic (exact) mass is 650 g/mol. The van der Waals surface area contributed by atoms with Crippen molar-refractivity contribution in [2.75, 3.05) is 10.6 Å². The van der Waals surface area contributed by atoms with Crippen molar-refractivity contribution in [2.45, 2.75) is 69.8 Å². The first-order valence-corrected chi connectivity index (χ1v) is 15.2. The molecule has 4 aromatic heterocycles. The highest BCUT2D eigenvalue weighted by Crippen LogP contribution is 2.43. The van der Waals surface area contributed by atoms with Gasteiger partial charge in [-0.2, -0.15) is 8.78 Å². The van der Waals surface area contributed by atoms with E-state index in [0.717, 1.165) is 35.7 Å². The van der Waals surface area contributed by atoms with Crippen molar-refractivity contribution >= 4 is 44.8 Å². The Kier molecular flexibility index (Phi) is 10.4. The summed E-state index contributed by atoms with van der Waals surface area (Å²) in [5, 5.41) is 24.4. The maximum atomic E-state index is 12.7. The van der Waals surface area contributed by atoms with Gasteiger partial charge < -0.3 is 15.4 Å². The number of aromatic nitrogens is 6. The van der Waals surface area contributed by atoms with E-state index in [2.05, 4.69) is 45.7 Å². The van der Waals surface area contributed by atoms with Crippen LogP contribution >= 0.6 is 22.7 Å². The predicted molar refractivity (Wildman–Crippen MR) is 153 cm³/mol. The second-order valence-corrected chi connectivity index (χ2v) is 12.0. The molecule has 5 rings (SSSR count). The minimum absolute atomic E-state index is 0.0799. The third kappa shape index (κ3) is 8.95. The number of hydrogen-bond donors (Lipinski definition) is 2. The average molecular weight is 651 g/mol. The van der Waals surface area contributed by atoms with Gasteiger partial charge in [-0.3, -0.25) is 19.6 Å². The van der Waals surface area contributed by atoms with Crippen molar-refractivity contribution < 1.29 is 31.9 Å². The number of amides is 2. The Balaban J connectivity index is 1.13. The van der Waals surface area contributed by atoms with E-state index in [0.29, 0.717) is 21.5 Å². The highest BCUT2D eigenvalue weighted by Gasteiger charge is 2.29. The summed E-state index contributed by atoms with van der Waals surface area (Å²) in [4.78, 5) is 33.1. The lowest BCUT2D eigenvalue weighted by molar-refractivity contribution is -0.116. The third-order valence-corrected chi connectivity index (χ3v) is 8.72. The van der Waals surface area contributed by atoms with Gasteiger partial charge >= 0.3 is 6.61 Å². The molecule has 0 spiro atoms. The van der Waals surface area contributed by atoms with E-state index in [1.807, 2.05) is 0 Å². The molecule has 11 nitrogen and oxygen atoms in total. The van der Waals surface area contributed by atoms with Gasteiger partial charge in [0.05, 0.1) is 18.5 Å². The molecule has 4 heterocycles. The van der Waals surface area contributed by atoms with Crippen molar-refractivity contribution in [3.63, 3.8) is 0 Å². The fraction of sp³-hybridized carbons (Fsp3) is 0.407. The molecule has 17 heteroatoms. The summed E-state index contributed by atoms with van der Waals surface area (Å²) in [6.45, 7) is -2.98. The molecule has 4 aromatic rings. The lowest BCUT2D eigenvalue weighted by Gasteiger charge is -2.25. The maximum Gasteiger partial charge on any atom is 0.387 e. The number of carbonyl (C=O) groups is 2. The van der Waals surface area contributed by atoms with Crippen molar-refractivity contribution in [1.29, 1.82) is 0 Å². The highest BCUT2D eigenvalue weighted by molar-refractivity contribution is 7.15. The van der Waals surface area contributed by atoms with Gasteiger partial charge in [0, 0.05) is 42.4 Å². The highest BCUT2D eigenvalue weighted by atomic mass is 32.1. The van der Waals surface area contributed by atoms with Crippen molar-refractivity contribution in [3.8, 4) is 5.75 Å². The van der Waals surface area contributed by atoms with E-state index in [1.165, 1.54) is 59.3 Å². The molecular formula is C27H26F4N8O3S2. The van der Waals surface area contributed by atoms with Crippen LogP contribution in [0.5, 0.6) is 5.75 Å². The number of rotatable bonds is 12. The van der Waals surface area contributed by atoms with Crippen LogP contribution in [0.25, 0.3) is 0 Å². The van der Waals surface area contributed by atoms with Crippen LogP contribution in [-0.2, 0) is 28.9 Å². The Hall–Kier alpha value is -4.12. The number of nitrogens with one attached hydrogen (secondary N) is 2. The van der Waals surface area contributed by atoms with E-state index in [4.69, 9.17) is 0 Å². The van der Waals surface area contributed by atoms with Crippen LogP contribution in [0.1, 0.15) is 64.5 Å². The number of nitrogens with zero attached hydrogens (tertiary/aromatic N) is 6. The Morgan fingerprint density at radius 1 is 0.841 bits per heavy atom. The zero-order chi connectivity index (χ0) is 31.1. The summed E-state index contributed by atoms with van der Waals surface area (Å²) in [6, 6.07) is 5.55. The molecule has 0 unspecified atom stereocenters. The lowest BCUT2D eigenvalue weighted by atomic mass is 9.82. The molecule has 1 fully saturated rings. The molecule has 0 radical (unpaired) electrons. The van der Waals surface area contributed by atoms with Crippen LogP contribution in [-0.4, -0.2) is 55.2 Å². The topological polar surface area (TPSA) is 145 Å².